The van der Waals surface area contributed by atoms with Gasteiger partial charge in [0.25, 0.3) is 0 Å². The van der Waals surface area contributed by atoms with Crippen molar-refractivity contribution in [3.05, 3.63) is 70.4 Å². The van der Waals surface area contributed by atoms with Crippen LogP contribution < -0.4 is 5.32 Å². The molecule has 0 atom stereocenters. The van der Waals surface area contributed by atoms with Gasteiger partial charge in [0, 0.05) is 22.7 Å². The van der Waals surface area contributed by atoms with Crippen LogP contribution in [0.4, 0.5) is 14.7 Å². The molecule has 7 heteroatoms. The summed E-state index contributed by atoms with van der Waals surface area (Å²) >= 11 is 5.86. The van der Waals surface area contributed by atoms with Crippen LogP contribution in [-0.2, 0) is 6.54 Å². The average Bonchev–Trinajstić information content (AvgIpc) is 2.59. The summed E-state index contributed by atoms with van der Waals surface area (Å²) in [5, 5.41) is 11.1. The van der Waals surface area contributed by atoms with Gasteiger partial charge in [-0.3, -0.25) is 0 Å². The maximum atomic E-state index is 14.0. The minimum absolute atomic E-state index is 0.0597. The fourth-order valence-corrected chi connectivity index (χ4v) is 2.31. The molecule has 122 valence electrons. The fraction of sp³-hybridized carbons (Fsp3) is 0.118. The van der Waals surface area contributed by atoms with Gasteiger partial charge in [0.1, 0.15) is 11.6 Å². The summed E-state index contributed by atoms with van der Waals surface area (Å²) in [6, 6.07) is 9.71. The monoisotopic (exact) mass is 346 g/mol. The fourth-order valence-electron chi connectivity index (χ4n) is 2.18. The molecule has 0 unspecified atom stereocenters. The quantitative estimate of drug-likeness (QED) is 0.761. The average molecular weight is 347 g/mol. The second-order valence-corrected chi connectivity index (χ2v) is 5.62. The molecular weight excluding hydrogens is 334 g/mol. The standard InChI is InChI=1S/C17H13ClF2N4/c1-10-2-7-14(19)13(16(10)20)8-21-17-23-15(9-22-24-17)11-3-5-12(18)6-4-11/h2-7,9H,8H2,1H3,(H,21,23,24). The second-order valence-electron chi connectivity index (χ2n) is 5.18. The first-order chi connectivity index (χ1) is 11.5. The number of hydrogen-bond donors (Lipinski definition) is 1. The van der Waals surface area contributed by atoms with Crippen LogP contribution in [0.1, 0.15) is 11.1 Å². The third kappa shape index (κ3) is 3.49. The molecule has 1 N–H and O–H groups in total. The highest BCUT2D eigenvalue weighted by Crippen LogP contribution is 2.20. The van der Waals surface area contributed by atoms with Gasteiger partial charge in [-0.15, -0.1) is 5.10 Å². The van der Waals surface area contributed by atoms with E-state index in [0.717, 1.165) is 5.56 Å². The van der Waals surface area contributed by atoms with E-state index in [1.165, 1.54) is 18.3 Å². The van der Waals surface area contributed by atoms with E-state index in [2.05, 4.69) is 20.5 Å². The van der Waals surface area contributed by atoms with Gasteiger partial charge in [-0.05, 0) is 30.7 Å². The summed E-state index contributed by atoms with van der Waals surface area (Å²) < 4.78 is 27.8. The van der Waals surface area contributed by atoms with Crippen LogP contribution in [0.25, 0.3) is 11.3 Å². The lowest BCUT2D eigenvalue weighted by Crippen LogP contribution is -2.09. The lowest BCUT2D eigenvalue weighted by molar-refractivity contribution is 0.554. The first-order valence-electron chi connectivity index (χ1n) is 7.17. The van der Waals surface area contributed by atoms with Crippen LogP contribution in [0.5, 0.6) is 0 Å². The largest absolute Gasteiger partial charge is 0.349 e. The van der Waals surface area contributed by atoms with Crippen LogP contribution in [-0.4, -0.2) is 15.2 Å². The number of hydrogen-bond acceptors (Lipinski definition) is 4. The smallest absolute Gasteiger partial charge is 0.243 e. The number of rotatable bonds is 4. The van der Waals surface area contributed by atoms with Crippen molar-refractivity contribution in [2.75, 3.05) is 5.32 Å². The van der Waals surface area contributed by atoms with Gasteiger partial charge in [0.15, 0.2) is 0 Å². The Bertz CT molecular complexity index is 869. The van der Waals surface area contributed by atoms with Gasteiger partial charge in [0.2, 0.25) is 5.95 Å². The molecule has 4 nitrogen and oxygen atoms in total. The Morgan fingerprint density at radius 1 is 1.08 bits per heavy atom. The van der Waals surface area contributed by atoms with Crippen molar-refractivity contribution in [2.45, 2.75) is 13.5 Å². The molecule has 2 aromatic carbocycles. The van der Waals surface area contributed by atoms with Gasteiger partial charge in [-0.25, -0.2) is 13.8 Å². The second kappa shape index (κ2) is 6.88. The third-order valence-corrected chi connectivity index (χ3v) is 3.75. The van der Waals surface area contributed by atoms with Crippen molar-refractivity contribution in [2.24, 2.45) is 0 Å². The molecule has 3 aromatic rings. The van der Waals surface area contributed by atoms with Crippen LogP contribution in [0, 0.1) is 18.6 Å². The van der Waals surface area contributed by atoms with E-state index in [-0.39, 0.29) is 18.1 Å². The molecule has 24 heavy (non-hydrogen) atoms. The molecule has 0 fully saturated rings. The Morgan fingerprint density at radius 3 is 2.58 bits per heavy atom. The number of nitrogens with one attached hydrogen (secondary N) is 1. The molecule has 0 radical (unpaired) electrons. The van der Waals surface area contributed by atoms with Gasteiger partial charge in [-0.1, -0.05) is 29.8 Å². The zero-order valence-corrected chi connectivity index (χ0v) is 13.5. The topological polar surface area (TPSA) is 50.7 Å². The molecule has 0 aliphatic rings. The van der Waals surface area contributed by atoms with E-state index < -0.39 is 11.6 Å². The highest BCUT2D eigenvalue weighted by molar-refractivity contribution is 6.30. The molecule has 0 aliphatic heterocycles. The molecule has 0 amide bonds. The van der Waals surface area contributed by atoms with Gasteiger partial charge in [-0.2, -0.15) is 5.10 Å². The van der Waals surface area contributed by atoms with Crippen molar-refractivity contribution < 1.29 is 8.78 Å². The maximum Gasteiger partial charge on any atom is 0.243 e. The molecule has 0 saturated heterocycles. The van der Waals surface area contributed by atoms with Gasteiger partial charge < -0.3 is 5.32 Å². The van der Waals surface area contributed by atoms with Crippen LogP contribution >= 0.6 is 11.6 Å². The SMILES string of the molecule is Cc1ccc(F)c(CNc2nncc(-c3ccc(Cl)cc3)n2)c1F. The molecule has 0 bridgehead atoms. The first kappa shape index (κ1) is 16.3. The summed E-state index contributed by atoms with van der Waals surface area (Å²) in [5.41, 5.74) is 1.71. The summed E-state index contributed by atoms with van der Waals surface area (Å²) in [6.07, 6.45) is 1.50. The Balaban J connectivity index is 1.81. The third-order valence-electron chi connectivity index (χ3n) is 3.50. The van der Waals surface area contributed by atoms with E-state index in [1.54, 1.807) is 31.2 Å². The highest BCUT2D eigenvalue weighted by atomic mass is 35.5. The lowest BCUT2D eigenvalue weighted by atomic mass is 10.1. The predicted octanol–water partition coefficient (Wildman–Crippen LogP) is 4.39. The zero-order chi connectivity index (χ0) is 17.1. The molecule has 0 saturated carbocycles. The summed E-state index contributed by atoms with van der Waals surface area (Å²) in [7, 11) is 0. The number of aryl methyl sites for hydroxylation is 1. The van der Waals surface area contributed by atoms with E-state index in [0.29, 0.717) is 16.3 Å². The number of nitrogens with zero attached hydrogens (tertiary/aromatic N) is 3. The molecule has 3 rings (SSSR count). The molecule has 0 spiro atoms. The van der Waals surface area contributed by atoms with Gasteiger partial charge >= 0.3 is 0 Å². The molecule has 0 aliphatic carbocycles. The van der Waals surface area contributed by atoms with Gasteiger partial charge in [0.05, 0.1) is 11.9 Å². The summed E-state index contributed by atoms with van der Waals surface area (Å²) in [6.45, 7) is 1.50. The van der Waals surface area contributed by atoms with Crippen LogP contribution in [0.15, 0.2) is 42.6 Å². The Morgan fingerprint density at radius 2 is 1.83 bits per heavy atom. The summed E-state index contributed by atoms with van der Waals surface area (Å²) in [4.78, 5) is 4.30. The van der Waals surface area contributed by atoms with Crippen LogP contribution in [0.3, 0.4) is 0 Å². The molecule has 1 aromatic heterocycles. The number of halogens is 3. The maximum absolute atomic E-state index is 14.0. The normalized spacial score (nSPS) is 10.7. The summed E-state index contributed by atoms with van der Waals surface area (Å²) in [5.74, 6) is -1.01. The van der Waals surface area contributed by atoms with E-state index >= 15 is 0 Å². The minimum Gasteiger partial charge on any atom is -0.349 e. The highest BCUT2D eigenvalue weighted by Gasteiger charge is 2.12. The van der Waals surface area contributed by atoms with Crippen molar-refractivity contribution in [3.63, 3.8) is 0 Å². The van der Waals surface area contributed by atoms with E-state index in [1.807, 2.05) is 0 Å². The van der Waals surface area contributed by atoms with Crippen molar-refractivity contribution in [1.29, 1.82) is 0 Å². The predicted molar refractivity (Wildman–Crippen MR) is 88.7 cm³/mol. The van der Waals surface area contributed by atoms with Crippen molar-refractivity contribution in [1.82, 2.24) is 15.2 Å². The Kier molecular flexibility index (Phi) is 4.66. The zero-order valence-electron chi connectivity index (χ0n) is 12.7. The number of benzene rings is 2. The van der Waals surface area contributed by atoms with E-state index in [9.17, 15) is 8.78 Å². The van der Waals surface area contributed by atoms with Crippen molar-refractivity contribution in [3.8, 4) is 11.3 Å². The lowest BCUT2D eigenvalue weighted by Gasteiger charge is -2.09. The molecule has 1 heterocycles. The molecular formula is C17H13ClF2N4. The Hall–Kier alpha value is -2.60. The van der Waals surface area contributed by atoms with Crippen molar-refractivity contribution >= 4 is 17.5 Å². The van der Waals surface area contributed by atoms with E-state index in [4.69, 9.17) is 11.6 Å². The Labute approximate surface area is 142 Å². The van der Waals surface area contributed by atoms with Crippen LogP contribution in [0.2, 0.25) is 5.02 Å². The first-order valence-corrected chi connectivity index (χ1v) is 7.55. The number of anilines is 1. The minimum atomic E-state index is -0.618. The number of aromatic nitrogens is 3.